The van der Waals surface area contributed by atoms with Crippen LogP contribution in [0.1, 0.15) is 11.1 Å². The lowest BCUT2D eigenvalue weighted by Crippen LogP contribution is -2.26. The van der Waals surface area contributed by atoms with Gasteiger partial charge in [-0.25, -0.2) is 8.78 Å². The third kappa shape index (κ3) is 3.75. The molecule has 0 radical (unpaired) electrons. The van der Waals surface area contributed by atoms with Crippen molar-refractivity contribution in [1.29, 1.82) is 0 Å². The normalized spacial score (nSPS) is 12.4. The number of rotatable bonds is 4. The van der Waals surface area contributed by atoms with Crippen LogP contribution in [0.5, 0.6) is 0 Å². The van der Waals surface area contributed by atoms with Gasteiger partial charge in [-0.1, -0.05) is 29.8 Å². The van der Waals surface area contributed by atoms with Crippen molar-refractivity contribution in [2.45, 2.75) is 18.9 Å². The average molecular weight is 282 g/mol. The Morgan fingerprint density at radius 2 is 1.63 bits per heavy atom. The lowest BCUT2D eigenvalue weighted by atomic mass is 9.99. The molecule has 2 aromatic rings. The third-order valence-electron chi connectivity index (χ3n) is 2.91. The molecule has 0 amide bonds. The van der Waals surface area contributed by atoms with Gasteiger partial charge in [0.05, 0.1) is 0 Å². The van der Waals surface area contributed by atoms with Crippen LogP contribution in [0.25, 0.3) is 0 Å². The molecule has 0 saturated heterocycles. The summed E-state index contributed by atoms with van der Waals surface area (Å²) in [4.78, 5) is 0. The molecule has 0 saturated carbocycles. The Morgan fingerprint density at radius 1 is 1.00 bits per heavy atom. The average Bonchev–Trinajstić information content (AvgIpc) is 2.34. The Kier molecular flexibility index (Phi) is 4.51. The Bertz CT molecular complexity index is 552. The maximum atomic E-state index is 13.5. The second-order valence-electron chi connectivity index (χ2n) is 4.50. The van der Waals surface area contributed by atoms with E-state index in [-0.39, 0.29) is 18.0 Å². The summed E-state index contributed by atoms with van der Waals surface area (Å²) in [5.74, 6) is -1.11. The smallest absolute Gasteiger partial charge is 0.129 e. The van der Waals surface area contributed by atoms with Crippen molar-refractivity contribution >= 4 is 11.6 Å². The van der Waals surface area contributed by atoms with Gasteiger partial charge in [-0.15, -0.1) is 0 Å². The summed E-state index contributed by atoms with van der Waals surface area (Å²) >= 11 is 5.88. The van der Waals surface area contributed by atoms with Crippen LogP contribution in [0, 0.1) is 11.6 Å². The first-order chi connectivity index (χ1) is 9.06. The lowest BCUT2D eigenvalue weighted by Gasteiger charge is -2.13. The topological polar surface area (TPSA) is 26.0 Å². The fourth-order valence-electron chi connectivity index (χ4n) is 2.03. The molecule has 2 aromatic carbocycles. The number of hydrogen-bond acceptors (Lipinski definition) is 1. The maximum absolute atomic E-state index is 13.5. The molecule has 0 aliphatic heterocycles. The van der Waals surface area contributed by atoms with E-state index in [1.165, 1.54) is 18.2 Å². The van der Waals surface area contributed by atoms with E-state index >= 15 is 0 Å². The fourth-order valence-corrected chi connectivity index (χ4v) is 2.24. The summed E-state index contributed by atoms with van der Waals surface area (Å²) in [5, 5.41) is 0.627. The minimum absolute atomic E-state index is 0.0389. The van der Waals surface area contributed by atoms with Crippen LogP contribution in [-0.2, 0) is 12.8 Å². The van der Waals surface area contributed by atoms with Crippen LogP contribution in [0.15, 0.2) is 42.5 Å². The minimum Gasteiger partial charge on any atom is -0.327 e. The molecule has 1 atom stereocenters. The first-order valence-corrected chi connectivity index (χ1v) is 6.37. The summed E-state index contributed by atoms with van der Waals surface area (Å²) < 4.78 is 27.0. The molecule has 0 aromatic heterocycles. The Morgan fingerprint density at radius 3 is 2.26 bits per heavy atom. The standard InChI is InChI=1S/C15H14ClF2N/c16-11-4-1-3-10(7-11)8-12(19)9-13-14(17)5-2-6-15(13)18/h1-7,12H,8-9,19H2. The highest BCUT2D eigenvalue weighted by molar-refractivity contribution is 6.30. The van der Waals surface area contributed by atoms with Crippen LogP contribution < -0.4 is 5.73 Å². The highest BCUT2D eigenvalue weighted by atomic mass is 35.5. The fraction of sp³-hybridized carbons (Fsp3) is 0.200. The number of nitrogens with two attached hydrogens (primary N) is 1. The predicted molar refractivity (Wildman–Crippen MR) is 73.2 cm³/mol. The summed E-state index contributed by atoms with van der Waals surface area (Å²) in [7, 11) is 0. The van der Waals surface area contributed by atoms with E-state index < -0.39 is 11.6 Å². The predicted octanol–water partition coefficient (Wildman–Crippen LogP) is 3.73. The lowest BCUT2D eigenvalue weighted by molar-refractivity contribution is 0.533. The van der Waals surface area contributed by atoms with E-state index in [2.05, 4.69) is 0 Å². The summed E-state index contributed by atoms with van der Waals surface area (Å²) in [6.07, 6.45) is 0.680. The van der Waals surface area contributed by atoms with Gasteiger partial charge in [-0.3, -0.25) is 0 Å². The highest BCUT2D eigenvalue weighted by Gasteiger charge is 2.13. The van der Waals surface area contributed by atoms with E-state index in [1.54, 1.807) is 12.1 Å². The van der Waals surface area contributed by atoms with Gasteiger partial charge in [-0.2, -0.15) is 0 Å². The van der Waals surface area contributed by atoms with Crippen LogP contribution >= 0.6 is 11.6 Å². The number of halogens is 3. The van der Waals surface area contributed by atoms with E-state index in [0.29, 0.717) is 11.4 Å². The van der Waals surface area contributed by atoms with Gasteiger partial charge in [-0.05, 0) is 42.7 Å². The summed E-state index contributed by atoms with van der Waals surface area (Å²) in [6.45, 7) is 0. The quantitative estimate of drug-likeness (QED) is 0.908. The molecule has 19 heavy (non-hydrogen) atoms. The van der Waals surface area contributed by atoms with Crippen molar-refractivity contribution in [1.82, 2.24) is 0 Å². The first kappa shape index (κ1) is 14.0. The SMILES string of the molecule is NC(Cc1cccc(Cl)c1)Cc1c(F)cccc1F. The van der Waals surface area contributed by atoms with Gasteiger partial charge in [0.1, 0.15) is 11.6 Å². The molecular formula is C15H14ClF2N. The van der Waals surface area contributed by atoms with Gasteiger partial charge in [0.25, 0.3) is 0 Å². The zero-order valence-corrected chi connectivity index (χ0v) is 11.0. The van der Waals surface area contributed by atoms with Crippen LogP contribution in [0.4, 0.5) is 8.78 Å². The molecular weight excluding hydrogens is 268 g/mol. The maximum Gasteiger partial charge on any atom is 0.129 e. The minimum atomic E-state index is -0.554. The zero-order chi connectivity index (χ0) is 13.8. The van der Waals surface area contributed by atoms with Crippen LogP contribution in [0.3, 0.4) is 0 Å². The molecule has 1 nitrogen and oxygen atoms in total. The highest BCUT2D eigenvalue weighted by Crippen LogP contribution is 2.16. The summed E-state index contributed by atoms with van der Waals surface area (Å²) in [5.41, 5.74) is 6.94. The molecule has 1 unspecified atom stereocenters. The van der Waals surface area contributed by atoms with Crippen molar-refractivity contribution in [3.63, 3.8) is 0 Å². The largest absolute Gasteiger partial charge is 0.327 e. The molecule has 2 N–H and O–H groups in total. The van der Waals surface area contributed by atoms with E-state index in [1.807, 2.05) is 12.1 Å². The third-order valence-corrected chi connectivity index (χ3v) is 3.15. The van der Waals surface area contributed by atoms with Gasteiger partial charge < -0.3 is 5.73 Å². The van der Waals surface area contributed by atoms with Crippen molar-refractivity contribution in [3.05, 3.63) is 70.2 Å². The van der Waals surface area contributed by atoms with Gasteiger partial charge in [0.15, 0.2) is 0 Å². The first-order valence-electron chi connectivity index (χ1n) is 5.99. The molecule has 0 spiro atoms. The van der Waals surface area contributed by atoms with E-state index in [9.17, 15) is 8.78 Å². The molecule has 0 heterocycles. The molecule has 0 bridgehead atoms. The molecule has 0 fully saturated rings. The van der Waals surface area contributed by atoms with Crippen LogP contribution in [0.2, 0.25) is 5.02 Å². The van der Waals surface area contributed by atoms with Crippen molar-refractivity contribution in [2.24, 2.45) is 5.73 Å². The monoisotopic (exact) mass is 281 g/mol. The number of hydrogen-bond donors (Lipinski definition) is 1. The Hall–Kier alpha value is -1.45. The molecule has 100 valence electrons. The molecule has 0 aliphatic carbocycles. The molecule has 0 aliphatic rings. The van der Waals surface area contributed by atoms with Gasteiger partial charge in [0, 0.05) is 16.6 Å². The Labute approximate surface area is 116 Å². The zero-order valence-electron chi connectivity index (χ0n) is 10.2. The molecule has 2 rings (SSSR count). The summed E-state index contributed by atoms with van der Waals surface area (Å²) in [6, 6.07) is 10.8. The van der Waals surface area contributed by atoms with Gasteiger partial charge >= 0.3 is 0 Å². The van der Waals surface area contributed by atoms with Crippen molar-refractivity contribution in [2.75, 3.05) is 0 Å². The van der Waals surface area contributed by atoms with Crippen molar-refractivity contribution in [3.8, 4) is 0 Å². The second-order valence-corrected chi connectivity index (χ2v) is 4.93. The van der Waals surface area contributed by atoms with Crippen LogP contribution in [-0.4, -0.2) is 6.04 Å². The number of benzene rings is 2. The van der Waals surface area contributed by atoms with Gasteiger partial charge in [0.2, 0.25) is 0 Å². The van der Waals surface area contributed by atoms with E-state index in [4.69, 9.17) is 17.3 Å². The van der Waals surface area contributed by atoms with E-state index in [0.717, 1.165) is 5.56 Å². The molecule has 4 heteroatoms. The van der Waals surface area contributed by atoms with Crippen molar-refractivity contribution < 1.29 is 8.78 Å². The second kappa shape index (κ2) is 6.13. The Balaban J connectivity index is 2.07.